The largest absolute Gasteiger partial charge is 0.367 e. The number of methoxy groups -OCH3 is 1. The lowest BCUT2D eigenvalue weighted by molar-refractivity contribution is -0.148. The van der Waals surface area contributed by atoms with Crippen LogP contribution in [0.3, 0.4) is 0 Å². The highest BCUT2D eigenvalue weighted by molar-refractivity contribution is 5.90. The molecule has 2 unspecified atom stereocenters. The molecule has 0 heterocycles. The van der Waals surface area contributed by atoms with E-state index in [9.17, 15) is 9.59 Å². The number of ether oxygens (including phenoxy) is 1. The van der Waals surface area contributed by atoms with Crippen LogP contribution in [0.1, 0.15) is 25.0 Å². The molecule has 0 saturated carbocycles. The molecule has 2 N–H and O–H groups in total. The van der Waals surface area contributed by atoms with E-state index in [2.05, 4.69) is 0 Å². The number of carbonyl (C=O) groups excluding carboxylic acids is 2. The molecule has 0 aromatic heterocycles. The lowest BCUT2D eigenvalue weighted by Gasteiger charge is -2.42. The molecular weight excluding hydrogens is 316 g/mol. The molecule has 0 aliphatic carbocycles. The number of carbonyl (C=O) groups is 2. The van der Waals surface area contributed by atoms with Crippen molar-refractivity contribution in [2.45, 2.75) is 31.5 Å². The first-order valence-corrected chi connectivity index (χ1v) is 8.18. The molecule has 0 bridgehead atoms. The Bertz CT molecular complexity index is 662. The predicted octanol–water partition coefficient (Wildman–Crippen LogP) is 2.30. The van der Waals surface area contributed by atoms with Gasteiger partial charge in [-0.1, -0.05) is 60.7 Å². The van der Waals surface area contributed by atoms with Crippen molar-refractivity contribution in [3.63, 3.8) is 0 Å². The lowest BCUT2D eigenvalue weighted by Crippen LogP contribution is -2.55. The van der Waals surface area contributed by atoms with Crippen molar-refractivity contribution in [3.8, 4) is 0 Å². The maximum absolute atomic E-state index is 12.5. The zero-order valence-corrected chi connectivity index (χ0v) is 14.8. The summed E-state index contributed by atoms with van der Waals surface area (Å²) in [6.45, 7) is 3.35. The van der Waals surface area contributed by atoms with Crippen molar-refractivity contribution >= 4 is 12.3 Å². The normalized spacial score (nSPS) is 13.8. The van der Waals surface area contributed by atoms with Gasteiger partial charge in [0.15, 0.2) is 0 Å². The van der Waals surface area contributed by atoms with E-state index in [-0.39, 0.29) is 0 Å². The lowest BCUT2D eigenvalue weighted by atomic mass is 9.79. The second kappa shape index (κ2) is 8.05. The molecule has 0 radical (unpaired) electrons. The molecule has 0 saturated heterocycles. The van der Waals surface area contributed by atoms with Crippen LogP contribution in [-0.4, -0.2) is 36.4 Å². The molecule has 2 aromatic rings. The third kappa shape index (κ3) is 3.48. The number of amides is 2. The monoisotopic (exact) mass is 340 g/mol. The van der Waals surface area contributed by atoms with E-state index in [1.54, 1.807) is 21.0 Å². The SMILES string of the molecule is COC(c1ccccc1)(c1ccccc1)C(C)N(C=O)C(=O)C(C)N. The predicted molar refractivity (Wildman–Crippen MR) is 96.7 cm³/mol. The minimum atomic E-state index is -1.01. The van der Waals surface area contributed by atoms with Gasteiger partial charge in [0.25, 0.3) is 0 Å². The number of hydrogen-bond acceptors (Lipinski definition) is 4. The van der Waals surface area contributed by atoms with Gasteiger partial charge in [-0.3, -0.25) is 14.5 Å². The van der Waals surface area contributed by atoms with Crippen LogP contribution >= 0.6 is 0 Å². The van der Waals surface area contributed by atoms with Crippen LogP contribution in [0.5, 0.6) is 0 Å². The molecule has 5 heteroatoms. The van der Waals surface area contributed by atoms with Crippen molar-refractivity contribution in [1.82, 2.24) is 4.90 Å². The van der Waals surface area contributed by atoms with Gasteiger partial charge in [0.2, 0.25) is 12.3 Å². The van der Waals surface area contributed by atoms with Crippen LogP contribution < -0.4 is 5.73 Å². The van der Waals surface area contributed by atoms with Gasteiger partial charge in [0, 0.05) is 7.11 Å². The van der Waals surface area contributed by atoms with E-state index >= 15 is 0 Å². The number of benzene rings is 2. The second-order valence-electron chi connectivity index (χ2n) is 5.99. The Morgan fingerprint density at radius 3 is 1.80 bits per heavy atom. The third-order valence-corrected chi connectivity index (χ3v) is 4.49. The molecule has 2 rings (SSSR count). The Hall–Kier alpha value is -2.50. The van der Waals surface area contributed by atoms with Gasteiger partial charge in [-0.25, -0.2) is 0 Å². The maximum Gasteiger partial charge on any atom is 0.245 e. The minimum absolute atomic E-state index is 0.448. The Balaban J connectivity index is 2.66. The highest BCUT2D eigenvalue weighted by atomic mass is 16.5. The summed E-state index contributed by atoms with van der Waals surface area (Å²) in [5.41, 5.74) is 6.41. The Kier molecular flexibility index (Phi) is 6.07. The van der Waals surface area contributed by atoms with E-state index in [0.29, 0.717) is 6.41 Å². The molecule has 2 amide bonds. The zero-order valence-electron chi connectivity index (χ0n) is 14.8. The molecule has 0 aliphatic heterocycles. The smallest absolute Gasteiger partial charge is 0.245 e. The van der Waals surface area contributed by atoms with Crippen LogP contribution in [-0.2, 0) is 19.9 Å². The Morgan fingerprint density at radius 2 is 1.48 bits per heavy atom. The minimum Gasteiger partial charge on any atom is -0.367 e. The van der Waals surface area contributed by atoms with E-state index < -0.39 is 23.6 Å². The maximum atomic E-state index is 12.5. The van der Waals surface area contributed by atoms with Crippen LogP contribution in [0.15, 0.2) is 60.7 Å². The average Bonchev–Trinajstić information content (AvgIpc) is 2.65. The fraction of sp³-hybridized carbons (Fsp3) is 0.300. The fourth-order valence-corrected chi connectivity index (χ4v) is 3.19. The van der Waals surface area contributed by atoms with Crippen LogP contribution in [0.25, 0.3) is 0 Å². The van der Waals surface area contributed by atoms with Crippen molar-refractivity contribution in [2.24, 2.45) is 5.73 Å². The summed E-state index contributed by atoms with van der Waals surface area (Å²) in [5, 5.41) is 0. The van der Waals surface area contributed by atoms with Crippen molar-refractivity contribution < 1.29 is 14.3 Å². The summed E-state index contributed by atoms with van der Waals surface area (Å²) in [5.74, 6) is -0.448. The molecular formula is C20H24N2O3. The van der Waals surface area contributed by atoms with Crippen LogP contribution in [0.2, 0.25) is 0 Å². The van der Waals surface area contributed by atoms with E-state index in [1.807, 2.05) is 60.7 Å². The molecule has 132 valence electrons. The molecule has 0 fully saturated rings. The van der Waals surface area contributed by atoms with Crippen LogP contribution in [0.4, 0.5) is 0 Å². The van der Waals surface area contributed by atoms with E-state index in [0.717, 1.165) is 16.0 Å². The molecule has 5 nitrogen and oxygen atoms in total. The van der Waals surface area contributed by atoms with Gasteiger partial charge in [0.1, 0.15) is 5.60 Å². The number of hydrogen-bond donors (Lipinski definition) is 1. The van der Waals surface area contributed by atoms with Gasteiger partial charge < -0.3 is 10.5 Å². The first-order chi connectivity index (χ1) is 12.0. The quantitative estimate of drug-likeness (QED) is 0.785. The van der Waals surface area contributed by atoms with Gasteiger partial charge in [-0.2, -0.15) is 0 Å². The standard InChI is InChI=1S/C20H24N2O3/c1-15(21)19(24)22(14-23)16(2)20(25-3,17-10-6-4-7-11-17)18-12-8-5-9-13-18/h4-16H,21H2,1-3H3. The van der Waals surface area contributed by atoms with E-state index in [4.69, 9.17) is 10.5 Å². The first kappa shape index (κ1) is 18.8. The Labute approximate surface area is 148 Å². The van der Waals surface area contributed by atoms with Gasteiger partial charge >= 0.3 is 0 Å². The summed E-state index contributed by atoms with van der Waals surface area (Å²) >= 11 is 0. The van der Waals surface area contributed by atoms with Gasteiger partial charge in [-0.05, 0) is 25.0 Å². The second-order valence-corrected chi connectivity index (χ2v) is 5.99. The molecule has 2 atom stereocenters. The van der Waals surface area contributed by atoms with Crippen LogP contribution in [0, 0.1) is 0 Å². The van der Waals surface area contributed by atoms with Crippen molar-refractivity contribution in [3.05, 3.63) is 71.8 Å². The fourth-order valence-electron chi connectivity index (χ4n) is 3.19. The number of imide groups is 1. The zero-order chi connectivity index (χ0) is 18.4. The summed E-state index contributed by atoms with van der Waals surface area (Å²) in [4.78, 5) is 25.3. The molecule has 25 heavy (non-hydrogen) atoms. The van der Waals surface area contributed by atoms with Gasteiger partial charge in [-0.15, -0.1) is 0 Å². The molecule has 0 spiro atoms. The number of rotatable bonds is 7. The summed E-state index contributed by atoms with van der Waals surface area (Å²) < 4.78 is 5.99. The topological polar surface area (TPSA) is 72.6 Å². The first-order valence-electron chi connectivity index (χ1n) is 8.18. The van der Waals surface area contributed by atoms with Crippen molar-refractivity contribution in [1.29, 1.82) is 0 Å². The average molecular weight is 340 g/mol. The van der Waals surface area contributed by atoms with Gasteiger partial charge in [0.05, 0.1) is 12.1 Å². The summed E-state index contributed by atoms with van der Waals surface area (Å²) in [6.07, 6.45) is 0.524. The Morgan fingerprint density at radius 1 is 1.04 bits per heavy atom. The third-order valence-electron chi connectivity index (χ3n) is 4.49. The highest BCUT2D eigenvalue weighted by Crippen LogP contribution is 2.38. The number of nitrogens with two attached hydrogens (primary N) is 1. The summed E-state index contributed by atoms with van der Waals surface area (Å²) in [7, 11) is 1.58. The highest BCUT2D eigenvalue weighted by Gasteiger charge is 2.44. The van der Waals surface area contributed by atoms with E-state index in [1.165, 1.54) is 0 Å². The van der Waals surface area contributed by atoms with Crippen molar-refractivity contribution in [2.75, 3.05) is 7.11 Å². The summed E-state index contributed by atoms with van der Waals surface area (Å²) in [6, 6.07) is 17.7. The molecule has 0 aliphatic rings. The number of nitrogens with zero attached hydrogens (tertiary/aromatic N) is 1. The molecule has 2 aromatic carbocycles.